The number of aliphatic hydroxyl groups excluding tert-OH is 1. The van der Waals surface area contributed by atoms with Crippen molar-refractivity contribution in [3.05, 3.63) is 143 Å². The minimum absolute atomic E-state index is 0.0817. The van der Waals surface area contributed by atoms with E-state index in [2.05, 4.69) is 343 Å². The zero-order valence-electron chi connectivity index (χ0n) is 72.7. The Balaban J connectivity index is 0.00000114. The molecule has 4 heterocycles. The molecule has 0 fully saturated rings. The second-order valence-electron chi connectivity index (χ2n) is 36.3. The number of benzene rings is 4. The van der Waals surface area contributed by atoms with Gasteiger partial charge in [-0.2, -0.15) is 0 Å². The van der Waals surface area contributed by atoms with Crippen LogP contribution in [0.2, 0.25) is 0 Å². The van der Waals surface area contributed by atoms with Crippen LogP contribution in [-0.2, 0) is 50.1 Å². The lowest BCUT2D eigenvalue weighted by atomic mass is 9.65. The standard InChI is InChI=1S/C14H22.3C13H20.C10H20O3.C8H15NO.3C7H13NO/c1-11-7-9-12(10-8-11)14(5,6)13(2,3)4;3*1-12(2,3)13(4,5)11-9-7-6-8-10-11;1-9(2,3)10(4,5)8(12)13-7-6-11;1-4-6(2)8-9-7(3)5-10-8;3*1-3-6(2)7-8-4-5-9-7/h7-10H,1-6H3;3*6-10H,1-5H3;11H,6-7H2,1-5H3;6-7H,4-5H2,1-3H3;3*6H,3-5H2,1-2H3. The number of carbonyl (C=O) groups is 1. The van der Waals surface area contributed by atoms with Gasteiger partial charge in [0.25, 0.3) is 0 Å². The number of hydrogen-bond acceptors (Lipinski definition) is 11. The van der Waals surface area contributed by atoms with Gasteiger partial charge in [0, 0.05) is 23.7 Å². The summed E-state index contributed by atoms with van der Waals surface area (Å²) in [6.07, 6.45) is 4.49. The lowest BCUT2D eigenvalue weighted by Gasteiger charge is -2.39. The van der Waals surface area contributed by atoms with E-state index in [-0.39, 0.29) is 46.3 Å². The normalized spacial score (nSPS) is 16.4. The summed E-state index contributed by atoms with van der Waals surface area (Å²) in [4.78, 5) is 28.5. The third kappa shape index (κ3) is 32.8. The molecule has 0 aliphatic carbocycles. The van der Waals surface area contributed by atoms with Crippen molar-refractivity contribution in [2.45, 2.75) is 296 Å². The maximum Gasteiger partial charge on any atom is 0.312 e. The summed E-state index contributed by atoms with van der Waals surface area (Å²) >= 11 is 0. The Kier molecular flexibility index (Phi) is 41.8. The maximum absolute atomic E-state index is 11.5. The van der Waals surface area contributed by atoms with Gasteiger partial charge in [-0.05, 0) is 124 Å². The molecule has 4 aromatic carbocycles. The third-order valence-corrected chi connectivity index (χ3v) is 23.3. The van der Waals surface area contributed by atoms with Gasteiger partial charge in [0.2, 0.25) is 0 Å². The van der Waals surface area contributed by atoms with E-state index in [9.17, 15) is 4.79 Å². The fourth-order valence-corrected chi connectivity index (χ4v) is 9.31. The molecule has 0 bridgehead atoms. The van der Waals surface area contributed by atoms with Gasteiger partial charge in [0.15, 0.2) is 23.6 Å². The topological polar surface area (TPSA) is 133 Å². The lowest BCUT2D eigenvalue weighted by molar-refractivity contribution is -0.161. The SMILES string of the molecule is CC(C)(C)C(C)(C)C(=O)OCCO.CC(C)(C)C(C)(C)c1ccccc1.CC(C)(C)C(C)(C)c1ccccc1.CC(C)(C)C(C)(C)c1ccccc1.CCC(C)C1=NC(C)CO1.CCC(C)C1=NCCO1.CCC(C)C1=NCCO1.CCC(C)C1=NCCO1.Cc1ccc(C(C)(C)C(C)(C)C)cc1. The molecule has 11 nitrogen and oxygen atoms in total. The molecule has 5 unspecified atom stereocenters. The Labute approximate surface area is 634 Å². The third-order valence-electron chi connectivity index (χ3n) is 23.3. The first-order valence-corrected chi connectivity index (χ1v) is 39.1. The van der Waals surface area contributed by atoms with Crippen LogP contribution in [0.3, 0.4) is 0 Å². The summed E-state index contributed by atoms with van der Waals surface area (Å²) in [5.41, 5.74) is 8.46. The second-order valence-corrected chi connectivity index (χ2v) is 36.3. The van der Waals surface area contributed by atoms with Crippen LogP contribution in [0.15, 0.2) is 135 Å². The highest BCUT2D eigenvalue weighted by Gasteiger charge is 2.41. The Morgan fingerprint density at radius 3 is 0.874 bits per heavy atom. The molecular weight excluding hydrogens is 1270 g/mol. The molecule has 5 atom stereocenters. The van der Waals surface area contributed by atoms with Crippen molar-refractivity contribution in [1.82, 2.24) is 0 Å². The van der Waals surface area contributed by atoms with E-state index in [1.54, 1.807) is 0 Å². The molecule has 0 amide bonds. The number of nitrogens with zero attached hydrogens (tertiary/aromatic N) is 4. The van der Waals surface area contributed by atoms with E-state index in [0.29, 0.717) is 51.4 Å². The van der Waals surface area contributed by atoms with Gasteiger partial charge < -0.3 is 28.8 Å². The summed E-state index contributed by atoms with van der Waals surface area (Å²) in [6, 6.07) is 41.5. The van der Waals surface area contributed by atoms with Gasteiger partial charge in [-0.1, -0.05) is 335 Å². The first kappa shape index (κ1) is 97.2. The highest BCUT2D eigenvalue weighted by atomic mass is 16.5. The van der Waals surface area contributed by atoms with E-state index in [1.807, 2.05) is 34.6 Å². The average Bonchev–Trinajstić information content (AvgIpc) is 1.60. The minimum Gasteiger partial charge on any atom is -0.479 e. The van der Waals surface area contributed by atoms with Crippen LogP contribution < -0.4 is 0 Å². The largest absolute Gasteiger partial charge is 0.479 e. The van der Waals surface area contributed by atoms with Crippen LogP contribution in [0.4, 0.5) is 0 Å². The molecule has 586 valence electrons. The van der Waals surface area contributed by atoms with Gasteiger partial charge in [0.05, 0.1) is 37.7 Å². The van der Waals surface area contributed by atoms with Gasteiger partial charge in [0.1, 0.15) is 33.0 Å². The molecule has 103 heavy (non-hydrogen) atoms. The molecular formula is C92H156N4O7. The summed E-state index contributed by atoms with van der Waals surface area (Å²) in [5, 5.41) is 8.51. The molecule has 11 heteroatoms. The van der Waals surface area contributed by atoms with Crippen molar-refractivity contribution in [3.8, 4) is 0 Å². The summed E-state index contributed by atoms with van der Waals surface area (Å²) in [6.45, 7) is 82.8. The van der Waals surface area contributed by atoms with Crippen molar-refractivity contribution in [2.24, 2.45) is 76.1 Å². The van der Waals surface area contributed by atoms with Crippen LogP contribution in [0.5, 0.6) is 0 Å². The Morgan fingerprint density at radius 2 is 0.670 bits per heavy atom. The van der Waals surface area contributed by atoms with E-state index in [1.165, 1.54) is 27.8 Å². The molecule has 8 rings (SSSR count). The second kappa shape index (κ2) is 44.3. The molecule has 1 N–H and O–H groups in total. The van der Waals surface area contributed by atoms with Crippen molar-refractivity contribution >= 4 is 29.6 Å². The number of aliphatic hydroxyl groups is 1. The molecule has 0 aromatic heterocycles. The summed E-state index contributed by atoms with van der Waals surface area (Å²) in [7, 11) is 0. The Hall–Kier alpha value is -5.81. The predicted molar refractivity (Wildman–Crippen MR) is 447 cm³/mol. The summed E-state index contributed by atoms with van der Waals surface area (Å²) in [5.74, 6) is 5.63. The molecule has 0 saturated heterocycles. The zero-order valence-corrected chi connectivity index (χ0v) is 72.7. The average molecular weight is 1430 g/mol. The fourth-order valence-electron chi connectivity index (χ4n) is 9.31. The van der Waals surface area contributed by atoms with E-state index >= 15 is 0 Å². The first-order chi connectivity index (χ1) is 47.3. The van der Waals surface area contributed by atoms with Crippen molar-refractivity contribution in [1.29, 1.82) is 0 Å². The molecule has 0 spiro atoms. The Bertz CT molecular complexity index is 2850. The van der Waals surface area contributed by atoms with Crippen LogP contribution in [0.25, 0.3) is 0 Å². The number of esters is 1. The number of aryl methyl sites for hydroxylation is 1. The van der Waals surface area contributed by atoms with Crippen molar-refractivity contribution < 1.29 is 33.6 Å². The predicted octanol–water partition coefficient (Wildman–Crippen LogP) is 24.2. The number of carbonyl (C=O) groups excluding carboxylic acids is 1. The van der Waals surface area contributed by atoms with Crippen molar-refractivity contribution in [2.75, 3.05) is 59.3 Å². The Morgan fingerprint density at radius 1 is 0.408 bits per heavy atom. The van der Waals surface area contributed by atoms with E-state index in [4.69, 9.17) is 28.8 Å². The highest BCUT2D eigenvalue weighted by molar-refractivity contribution is 5.81. The number of rotatable bonds is 15. The fraction of sp³-hybridized carbons (Fsp3) is 0.685. The minimum atomic E-state index is -0.526. The zero-order chi connectivity index (χ0) is 79.7. The smallest absolute Gasteiger partial charge is 0.312 e. The van der Waals surface area contributed by atoms with Crippen LogP contribution >= 0.6 is 0 Å². The van der Waals surface area contributed by atoms with Gasteiger partial charge in [-0.15, -0.1) is 0 Å². The molecule has 4 aromatic rings. The quantitative estimate of drug-likeness (QED) is 0.117. The van der Waals surface area contributed by atoms with E-state index in [0.717, 1.165) is 95.3 Å². The van der Waals surface area contributed by atoms with Crippen LogP contribution in [-0.4, -0.2) is 100.0 Å². The molecule has 0 radical (unpaired) electrons. The van der Waals surface area contributed by atoms with Crippen molar-refractivity contribution in [3.63, 3.8) is 0 Å². The number of aliphatic imine (C=N–C) groups is 4. The number of hydrogen-bond donors (Lipinski definition) is 1. The monoisotopic (exact) mass is 1430 g/mol. The highest BCUT2D eigenvalue weighted by Crippen LogP contribution is 2.44. The lowest BCUT2D eigenvalue weighted by Crippen LogP contribution is -2.39. The molecule has 0 saturated carbocycles. The van der Waals surface area contributed by atoms with Gasteiger partial charge >= 0.3 is 5.97 Å². The van der Waals surface area contributed by atoms with Crippen LogP contribution in [0, 0.1) is 63.1 Å². The van der Waals surface area contributed by atoms with E-state index < -0.39 is 5.41 Å². The molecule has 4 aliphatic heterocycles. The number of ether oxygens (including phenoxy) is 5. The van der Waals surface area contributed by atoms with Gasteiger partial charge in [-0.3, -0.25) is 19.8 Å². The van der Waals surface area contributed by atoms with Crippen LogP contribution in [0.1, 0.15) is 289 Å². The first-order valence-electron chi connectivity index (χ1n) is 39.1. The maximum atomic E-state index is 11.5. The summed E-state index contributed by atoms with van der Waals surface area (Å²) < 4.78 is 26.0. The molecule has 4 aliphatic rings. The van der Waals surface area contributed by atoms with Gasteiger partial charge in [-0.25, -0.2) is 4.99 Å².